The van der Waals surface area contributed by atoms with E-state index in [0.29, 0.717) is 17.4 Å². The lowest BCUT2D eigenvalue weighted by Crippen LogP contribution is -2.21. The number of hydrogen-bond donors (Lipinski definition) is 0. The first kappa shape index (κ1) is 17.9. The van der Waals surface area contributed by atoms with Crippen LogP contribution in [0.25, 0.3) is 10.9 Å². The van der Waals surface area contributed by atoms with Crippen molar-refractivity contribution in [3.05, 3.63) is 106 Å². The maximum Gasteiger partial charge on any atom is 0.216 e. The Bertz CT molecular complexity index is 1240. The van der Waals surface area contributed by atoms with E-state index in [2.05, 4.69) is 4.98 Å². The molecule has 0 amide bonds. The second-order valence-corrected chi connectivity index (χ2v) is 6.81. The molecule has 0 atom stereocenters. The largest absolute Gasteiger partial charge is 0.342 e. The number of pyridine rings is 2. The first-order chi connectivity index (χ1) is 13.5. The number of benzene rings is 2. The van der Waals surface area contributed by atoms with E-state index in [1.165, 1.54) is 0 Å². The third-order valence-corrected chi connectivity index (χ3v) is 4.68. The molecule has 2 radical (unpaired) electrons. The number of aromatic nitrogens is 2. The molecular weight excluding hydrogens is 347 g/mol. The summed E-state index contributed by atoms with van der Waals surface area (Å²) in [5, 5.41) is 0.504. The van der Waals surface area contributed by atoms with Gasteiger partial charge < -0.3 is 4.57 Å². The highest BCUT2D eigenvalue weighted by Crippen LogP contribution is 2.16. The molecule has 2 aromatic carbocycles. The van der Waals surface area contributed by atoms with Crippen molar-refractivity contribution in [3.63, 3.8) is 0 Å². The van der Waals surface area contributed by atoms with Gasteiger partial charge in [0.15, 0.2) is 0 Å². The molecule has 0 fully saturated rings. The van der Waals surface area contributed by atoms with Crippen LogP contribution in [0.4, 0.5) is 0 Å². The third kappa shape index (κ3) is 3.39. The second-order valence-electron chi connectivity index (χ2n) is 6.81. The molecule has 0 aliphatic heterocycles. The van der Waals surface area contributed by atoms with Crippen molar-refractivity contribution >= 4 is 30.0 Å². The quantitative estimate of drug-likeness (QED) is 0.413. The fourth-order valence-electron chi connectivity index (χ4n) is 3.27. The Balaban J connectivity index is 1.87. The summed E-state index contributed by atoms with van der Waals surface area (Å²) >= 11 is 0. The van der Waals surface area contributed by atoms with E-state index in [0.717, 1.165) is 16.6 Å². The average Bonchev–Trinajstić information content (AvgIpc) is 2.70. The van der Waals surface area contributed by atoms with Crippen molar-refractivity contribution in [2.24, 2.45) is 0 Å². The van der Waals surface area contributed by atoms with E-state index in [9.17, 15) is 9.59 Å². The summed E-state index contributed by atoms with van der Waals surface area (Å²) in [4.78, 5) is 30.2. The molecular formula is C23H17BN2O2. The van der Waals surface area contributed by atoms with Crippen LogP contribution in [0, 0.1) is 6.92 Å². The van der Waals surface area contributed by atoms with Gasteiger partial charge in [0.25, 0.3) is 0 Å². The van der Waals surface area contributed by atoms with Gasteiger partial charge in [-0.15, -0.1) is 0 Å². The number of para-hydroxylation sites is 1. The van der Waals surface area contributed by atoms with Crippen LogP contribution in [-0.4, -0.2) is 23.2 Å². The zero-order valence-corrected chi connectivity index (χ0v) is 15.4. The number of hydrogen-bond acceptors (Lipinski definition) is 3. The molecule has 0 spiro atoms. The van der Waals surface area contributed by atoms with E-state index < -0.39 is 0 Å². The normalized spacial score (nSPS) is 10.9. The summed E-state index contributed by atoms with van der Waals surface area (Å²) < 4.78 is 1.91. The summed E-state index contributed by atoms with van der Waals surface area (Å²) in [7, 11) is 5.89. The molecule has 0 N–H and O–H groups in total. The molecule has 0 saturated carbocycles. The molecule has 28 heavy (non-hydrogen) atoms. The van der Waals surface area contributed by atoms with Crippen LogP contribution in [-0.2, 0) is 6.54 Å². The summed E-state index contributed by atoms with van der Waals surface area (Å²) in [6.07, 6.45) is 3.25. The number of carbonyl (C=O) groups is 1. The SMILES string of the molecule is [B]c1cccc(Cn2cc(C(=O)c3ccc(C)cn3)c(=O)c3ccccc32)c1. The van der Waals surface area contributed by atoms with Gasteiger partial charge in [-0.1, -0.05) is 47.9 Å². The van der Waals surface area contributed by atoms with Crippen molar-refractivity contribution < 1.29 is 4.79 Å². The molecule has 0 saturated heterocycles. The highest BCUT2D eigenvalue weighted by atomic mass is 16.1. The Hall–Kier alpha value is -3.47. The van der Waals surface area contributed by atoms with Crippen LogP contribution in [0.3, 0.4) is 0 Å². The number of nitrogens with zero attached hydrogens (tertiary/aromatic N) is 2. The summed E-state index contributed by atoms with van der Waals surface area (Å²) in [6.45, 7) is 2.39. The average molecular weight is 364 g/mol. The second kappa shape index (κ2) is 7.27. The fraction of sp³-hybridized carbons (Fsp3) is 0.0870. The Morgan fingerprint density at radius 3 is 2.64 bits per heavy atom. The van der Waals surface area contributed by atoms with Crippen molar-refractivity contribution in [2.45, 2.75) is 13.5 Å². The Labute approximate surface area is 163 Å². The molecule has 0 aliphatic rings. The van der Waals surface area contributed by atoms with Crippen LogP contribution >= 0.6 is 0 Å². The van der Waals surface area contributed by atoms with Crippen molar-refractivity contribution in [2.75, 3.05) is 0 Å². The zero-order chi connectivity index (χ0) is 19.7. The lowest BCUT2D eigenvalue weighted by molar-refractivity contribution is 0.103. The number of rotatable bonds is 4. The molecule has 0 unspecified atom stereocenters. The highest BCUT2D eigenvalue weighted by molar-refractivity contribution is 6.32. The standard InChI is InChI=1S/C23H17BN2O2/c1-15-9-10-20(25-12-15)23(28)19-14-26(13-16-5-4-6-17(24)11-16)21-8-3-2-7-18(21)22(19)27/h2-12,14H,13H2,1H3. The predicted octanol–water partition coefficient (Wildman–Crippen LogP) is 2.78. The minimum absolute atomic E-state index is 0.110. The van der Waals surface area contributed by atoms with Gasteiger partial charge >= 0.3 is 0 Å². The monoisotopic (exact) mass is 364 g/mol. The van der Waals surface area contributed by atoms with E-state index >= 15 is 0 Å². The maximum absolute atomic E-state index is 13.0. The van der Waals surface area contributed by atoms with Crippen LogP contribution in [0.2, 0.25) is 0 Å². The van der Waals surface area contributed by atoms with Crippen LogP contribution in [0.15, 0.2) is 77.9 Å². The first-order valence-corrected chi connectivity index (χ1v) is 8.97. The van der Waals surface area contributed by atoms with Gasteiger partial charge in [0.2, 0.25) is 11.2 Å². The fourth-order valence-corrected chi connectivity index (χ4v) is 3.27. The smallest absolute Gasteiger partial charge is 0.216 e. The molecule has 2 aromatic heterocycles. The van der Waals surface area contributed by atoms with Gasteiger partial charge in [0.1, 0.15) is 13.5 Å². The number of carbonyl (C=O) groups excluding carboxylic acids is 1. The Kier molecular flexibility index (Phi) is 4.66. The summed E-state index contributed by atoms with van der Waals surface area (Å²) in [5.74, 6) is -0.378. The molecule has 4 aromatic rings. The van der Waals surface area contributed by atoms with Crippen LogP contribution < -0.4 is 10.9 Å². The highest BCUT2D eigenvalue weighted by Gasteiger charge is 2.18. The Morgan fingerprint density at radius 1 is 1.07 bits per heavy atom. The van der Waals surface area contributed by atoms with Crippen molar-refractivity contribution in [1.29, 1.82) is 0 Å². The first-order valence-electron chi connectivity index (χ1n) is 8.97. The summed E-state index contributed by atoms with van der Waals surface area (Å²) in [6, 6.07) is 18.3. The zero-order valence-electron chi connectivity index (χ0n) is 15.4. The lowest BCUT2D eigenvalue weighted by Gasteiger charge is -2.14. The van der Waals surface area contributed by atoms with Gasteiger partial charge in [0, 0.05) is 24.3 Å². The molecule has 4 rings (SSSR count). The molecule has 2 heterocycles. The topological polar surface area (TPSA) is 52.0 Å². The van der Waals surface area contributed by atoms with Crippen LogP contribution in [0.1, 0.15) is 27.2 Å². The van der Waals surface area contributed by atoms with Gasteiger partial charge in [-0.3, -0.25) is 14.6 Å². The molecule has 134 valence electrons. The van der Waals surface area contributed by atoms with Gasteiger partial charge in [0.05, 0.1) is 11.1 Å². The van der Waals surface area contributed by atoms with E-state index in [1.807, 2.05) is 54.0 Å². The van der Waals surface area contributed by atoms with Crippen molar-refractivity contribution in [1.82, 2.24) is 9.55 Å². The van der Waals surface area contributed by atoms with E-state index in [-0.39, 0.29) is 22.5 Å². The number of fused-ring (bicyclic) bond motifs is 1. The summed E-state index contributed by atoms with van der Waals surface area (Å²) in [5.41, 5.74) is 3.46. The minimum atomic E-state index is -0.378. The van der Waals surface area contributed by atoms with Gasteiger partial charge in [-0.05, 0) is 36.2 Å². The number of ketones is 1. The molecule has 4 nitrogen and oxygen atoms in total. The van der Waals surface area contributed by atoms with Gasteiger partial charge in [-0.25, -0.2) is 0 Å². The third-order valence-electron chi connectivity index (χ3n) is 4.68. The molecule has 0 aliphatic carbocycles. The number of aryl methyl sites for hydroxylation is 1. The Morgan fingerprint density at radius 2 is 1.89 bits per heavy atom. The predicted molar refractivity (Wildman–Crippen MR) is 112 cm³/mol. The van der Waals surface area contributed by atoms with Crippen LogP contribution in [0.5, 0.6) is 0 Å². The minimum Gasteiger partial charge on any atom is -0.342 e. The molecule has 5 heteroatoms. The lowest BCUT2D eigenvalue weighted by atomic mass is 9.94. The molecule has 0 bridgehead atoms. The van der Waals surface area contributed by atoms with Gasteiger partial charge in [-0.2, -0.15) is 0 Å². The van der Waals surface area contributed by atoms with E-state index in [1.54, 1.807) is 30.6 Å². The van der Waals surface area contributed by atoms with Crippen molar-refractivity contribution in [3.8, 4) is 0 Å². The maximum atomic E-state index is 13.0. The van der Waals surface area contributed by atoms with E-state index in [4.69, 9.17) is 7.85 Å².